The molecule has 0 bridgehead atoms. The van der Waals surface area contributed by atoms with Crippen molar-refractivity contribution in [3.63, 3.8) is 0 Å². The average Bonchev–Trinajstić information content (AvgIpc) is 2.83. The molecule has 40 heavy (non-hydrogen) atoms. The van der Waals surface area contributed by atoms with Gasteiger partial charge in [-0.05, 0) is 62.4 Å². The van der Waals surface area contributed by atoms with Crippen molar-refractivity contribution in [1.82, 2.24) is 19.9 Å². The number of nitrogen functional groups attached to an aromatic ring is 1. The second-order valence-corrected chi connectivity index (χ2v) is 8.94. The quantitative estimate of drug-likeness (QED) is 0.122. The number of benzene rings is 2. The minimum absolute atomic E-state index is 0.0542. The zero-order chi connectivity index (χ0) is 29.8. The van der Waals surface area contributed by atoms with Crippen LogP contribution in [0.3, 0.4) is 0 Å². The monoisotopic (exact) mass is 628 g/mol. The van der Waals surface area contributed by atoms with Gasteiger partial charge in [0, 0.05) is 17.1 Å². The van der Waals surface area contributed by atoms with Crippen LogP contribution in [0.25, 0.3) is 0 Å². The number of aliphatic imine (C=N–C) groups is 1. The third kappa shape index (κ3) is 11.4. The molecule has 2 aromatic carbocycles. The number of carbonyl (C=O) groups excluding carboxylic acids is 2. The molecule has 0 aliphatic heterocycles. The minimum atomic E-state index is -0.589. The number of aryl methyl sites for hydroxylation is 2. The summed E-state index contributed by atoms with van der Waals surface area (Å²) in [7, 11) is 0. The van der Waals surface area contributed by atoms with Crippen LogP contribution >= 0.6 is 46.4 Å². The zero-order valence-electron chi connectivity index (χ0n) is 20.5. The van der Waals surface area contributed by atoms with Crippen LogP contribution in [-0.4, -0.2) is 32.0 Å². The van der Waals surface area contributed by atoms with Crippen molar-refractivity contribution in [2.45, 2.75) is 13.8 Å². The largest absolute Gasteiger partial charge is 0.368 e. The Bertz CT molecular complexity index is 1490. The van der Waals surface area contributed by atoms with Crippen LogP contribution in [0.5, 0.6) is 0 Å². The fourth-order valence-corrected chi connectivity index (χ4v) is 3.42. The molecule has 0 spiro atoms. The number of urea groups is 1. The fraction of sp³-hybridized carbons (Fsp3) is 0.0833. The predicted molar refractivity (Wildman–Crippen MR) is 151 cm³/mol. The third-order valence-corrected chi connectivity index (χ3v) is 5.11. The average molecular weight is 630 g/mol. The lowest BCUT2D eigenvalue weighted by atomic mass is 10.3. The number of nitrogens with zero attached hydrogens (tertiary/aromatic N) is 5. The summed E-state index contributed by atoms with van der Waals surface area (Å²) in [6, 6.07) is 10.2. The van der Waals surface area contributed by atoms with Crippen LogP contribution in [0.1, 0.15) is 11.4 Å². The maximum Gasteiger partial charge on any atom is 0.326 e. The summed E-state index contributed by atoms with van der Waals surface area (Å²) >= 11 is 22.3. The molecule has 2 heterocycles. The first kappa shape index (κ1) is 32.3. The maximum absolute atomic E-state index is 13.0. The number of anilines is 3. The van der Waals surface area contributed by atoms with Crippen LogP contribution in [0, 0.1) is 25.5 Å². The summed E-state index contributed by atoms with van der Waals surface area (Å²) in [5.74, 6) is -0.802. The Hall–Kier alpha value is -3.93. The SMILES string of the molecule is Cc1cc(Cl)nc(N)n1.Cc1cc(Cl)nc(NC(=O)Nc2ccc(F)c(Cl)c2)n1.O=C=Nc1ccc(F)c(Cl)c1. The number of nitrogens with one attached hydrogen (secondary N) is 2. The molecule has 0 atom stereocenters. The Balaban J connectivity index is 0.000000235. The highest BCUT2D eigenvalue weighted by Crippen LogP contribution is 2.21. The molecule has 4 rings (SSSR count). The van der Waals surface area contributed by atoms with E-state index < -0.39 is 17.7 Å². The molecule has 10 nitrogen and oxygen atoms in total. The van der Waals surface area contributed by atoms with E-state index >= 15 is 0 Å². The molecule has 0 radical (unpaired) electrons. The lowest BCUT2D eigenvalue weighted by molar-refractivity contribution is 0.262. The summed E-state index contributed by atoms with van der Waals surface area (Å²) in [5.41, 5.74) is 7.29. The highest BCUT2D eigenvalue weighted by molar-refractivity contribution is 6.31. The van der Waals surface area contributed by atoms with Gasteiger partial charge in [0.2, 0.25) is 18.0 Å². The van der Waals surface area contributed by atoms with Crippen molar-refractivity contribution in [2.75, 3.05) is 16.4 Å². The number of rotatable bonds is 3. The Morgan fingerprint density at radius 1 is 0.825 bits per heavy atom. The number of hydrogen-bond acceptors (Lipinski definition) is 8. The summed E-state index contributed by atoms with van der Waals surface area (Å²) < 4.78 is 25.4. The Labute approximate surface area is 246 Å². The Morgan fingerprint density at radius 3 is 1.93 bits per heavy atom. The topological polar surface area (TPSA) is 148 Å². The predicted octanol–water partition coefficient (Wildman–Crippen LogP) is 7.34. The van der Waals surface area contributed by atoms with E-state index in [9.17, 15) is 18.4 Å². The second kappa shape index (κ2) is 15.6. The smallest absolute Gasteiger partial charge is 0.326 e. The van der Waals surface area contributed by atoms with E-state index in [1.165, 1.54) is 30.3 Å². The summed E-state index contributed by atoms with van der Waals surface area (Å²) in [6.07, 6.45) is 1.32. The third-order valence-electron chi connectivity index (χ3n) is 4.14. The van der Waals surface area contributed by atoms with E-state index in [1.54, 1.807) is 19.1 Å². The van der Waals surface area contributed by atoms with Gasteiger partial charge in [-0.15, -0.1) is 0 Å². The second-order valence-electron chi connectivity index (χ2n) is 7.36. The van der Waals surface area contributed by atoms with Gasteiger partial charge in [0.25, 0.3) is 0 Å². The number of amides is 2. The van der Waals surface area contributed by atoms with Crippen molar-refractivity contribution >= 4 is 81.8 Å². The van der Waals surface area contributed by atoms with Crippen LogP contribution < -0.4 is 16.4 Å². The summed E-state index contributed by atoms with van der Waals surface area (Å²) in [5, 5.41) is 5.35. The van der Waals surface area contributed by atoms with Crippen molar-refractivity contribution in [2.24, 2.45) is 4.99 Å². The zero-order valence-corrected chi connectivity index (χ0v) is 23.5. The van der Waals surface area contributed by atoms with Crippen molar-refractivity contribution in [3.8, 4) is 0 Å². The van der Waals surface area contributed by atoms with Crippen molar-refractivity contribution in [3.05, 3.63) is 91.9 Å². The molecule has 0 unspecified atom stereocenters. The highest BCUT2D eigenvalue weighted by Gasteiger charge is 2.08. The molecule has 0 aliphatic carbocycles. The first-order chi connectivity index (χ1) is 18.9. The summed E-state index contributed by atoms with van der Waals surface area (Å²) in [4.78, 5) is 40.0. The molecule has 0 aliphatic rings. The molecule has 2 aromatic heterocycles. The van der Waals surface area contributed by atoms with Gasteiger partial charge in [-0.2, -0.15) is 4.99 Å². The molecule has 2 amide bonds. The van der Waals surface area contributed by atoms with Gasteiger partial charge in [0.05, 0.1) is 15.7 Å². The lowest BCUT2D eigenvalue weighted by Gasteiger charge is -2.07. The fourth-order valence-electron chi connectivity index (χ4n) is 2.58. The molecule has 208 valence electrons. The standard InChI is InChI=1S/C12H9Cl2FN4O.C7H3ClFNO.C5H6ClN3/c1-6-4-10(14)18-11(16-6)19-12(20)17-7-2-3-9(15)8(13)5-7;8-6-3-5(10-4-11)1-2-7(6)9;1-3-2-4(6)9-5(7)8-3/h2-5H,1H3,(H2,16,17,18,19,20);1-3H;2H,1H3,(H2,7,8,9). The van der Waals surface area contributed by atoms with Gasteiger partial charge < -0.3 is 11.1 Å². The van der Waals surface area contributed by atoms with E-state index in [0.29, 0.717) is 22.2 Å². The number of nitrogens with two attached hydrogens (primary N) is 1. The van der Waals surface area contributed by atoms with Crippen LogP contribution in [0.15, 0.2) is 53.5 Å². The molecular formula is C24H18Cl4F2N8O2. The van der Waals surface area contributed by atoms with E-state index in [-0.39, 0.29) is 27.1 Å². The number of carbonyl (C=O) groups is 1. The lowest BCUT2D eigenvalue weighted by Crippen LogP contribution is -2.21. The number of hydrogen-bond donors (Lipinski definition) is 3. The van der Waals surface area contributed by atoms with Crippen LogP contribution in [0.4, 0.5) is 36.8 Å². The molecular weight excluding hydrogens is 612 g/mol. The van der Waals surface area contributed by atoms with Crippen molar-refractivity contribution in [1.29, 1.82) is 0 Å². The van der Waals surface area contributed by atoms with E-state index in [1.807, 2.05) is 6.92 Å². The molecule has 4 aromatic rings. The molecule has 4 N–H and O–H groups in total. The molecule has 0 fully saturated rings. The van der Waals surface area contributed by atoms with Gasteiger partial charge in [0.15, 0.2) is 0 Å². The van der Waals surface area contributed by atoms with Crippen LogP contribution in [-0.2, 0) is 4.79 Å². The maximum atomic E-state index is 13.0. The van der Waals surface area contributed by atoms with Gasteiger partial charge in [-0.1, -0.05) is 46.4 Å². The van der Waals surface area contributed by atoms with E-state index in [4.69, 9.17) is 52.1 Å². The first-order valence-corrected chi connectivity index (χ1v) is 12.2. The van der Waals surface area contributed by atoms with Gasteiger partial charge in [0.1, 0.15) is 21.9 Å². The minimum Gasteiger partial charge on any atom is -0.368 e. The Morgan fingerprint density at radius 2 is 1.40 bits per heavy atom. The van der Waals surface area contributed by atoms with Gasteiger partial charge in [-0.25, -0.2) is 38.3 Å². The van der Waals surface area contributed by atoms with Crippen molar-refractivity contribution < 1.29 is 18.4 Å². The molecule has 0 saturated heterocycles. The van der Waals surface area contributed by atoms with Gasteiger partial charge in [-0.3, -0.25) is 5.32 Å². The van der Waals surface area contributed by atoms with Gasteiger partial charge >= 0.3 is 6.03 Å². The molecule has 0 saturated carbocycles. The molecule has 16 heteroatoms. The van der Waals surface area contributed by atoms with E-state index in [0.717, 1.165) is 17.8 Å². The Kier molecular flexibility index (Phi) is 12.6. The highest BCUT2D eigenvalue weighted by atomic mass is 35.5. The first-order valence-electron chi connectivity index (χ1n) is 10.7. The van der Waals surface area contributed by atoms with E-state index in [2.05, 4.69) is 35.6 Å². The number of aromatic nitrogens is 4. The summed E-state index contributed by atoms with van der Waals surface area (Å²) in [6.45, 7) is 3.53. The number of halogens is 6. The van der Waals surface area contributed by atoms with Crippen LogP contribution in [0.2, 0.25) is 20.4 Å². The number of isocyanates is 1. The normalized spacial score (nSPS) is 9.70.